The summed E-state index contributed by atoms with van der Waals surface area (Å²) >= 11 is 0. The fourth-order valence-electron chi connectivity index (χ4n) is 2.19. The van der Waals surface area contributed by atoms with Crippen molar-refractivity contribution >= 4 is 6.09 Å². The largest absolute Gasteiger partial charge is 0.444 e. The van der Waals surface area contributed by atoms with Crippen molar-refractivity contribution in [1.29, 1.82) is 0 Å². The van der Waals surface area contributed by atoms with Gasteiger partial charge in [0.15, 0.2) is 0 Å². The van der Waals surface area contributed by atoms with Crippen LogP contribution in [0.3, 0.4) is 0 Å². The van der Waals surface area contributed by atoms with Gasteiger partial charge in [-0.05, 0) is 52.4 Å². The summed E-state index contributed by atoms with van der Waals surface area (Å²) in [6.45, 7) is 10.7. The summed E-state index contributed by atoms with van der Waals surface area (Å²) in [5.74, 6) is 0.718. The SMILES string of the molecule is CCC(CC)NC(CNC(=O)OC(C)(C)C)C1CC1. The molecule has 4 heteroatoms. The van der Waals surface area contributed by atoms with E-state index in [2.05, 4.69) is 24.5 Å². The Morgan fingerprint density at radius 1 is 1.26 bits per heavy atom. The maximum atomic E-state index is 11.7. The molecule has 112 valence electrons. The van der Waals surface area contributed by atoms with Crippen LogP contribution in [-0.4, -0.2) is 30.3 Å². The number of ether oxygens (including phenoxy) is 1. The van der Waals surface area contributed by atoms with Crippen LogP contribution in [0, 0.1) is 5.92 Å². The topological polar surface area (TPSA) is 50.4 Å². The average molecular weight is 270 g/mol. The average Bonchev–Trinajstić information content (AvgIpc) is 3.11. The van der Waals surface area contributed by atoms with E-state index >= 15 is 0 Å². The molecule has 1 amide bonds. The molecule has 0 aromatic rings. The molecule has 1 saturated carbocycles. The molecular weight excluding hydrogens is 240 g/mol. The molecule has 1 rings (SSSR count). The van der Waals surface area contributed by atoms with Crippen molar-refractivity contribution in [2.24, 2.45) is 5.92 Å². The summed E-state index contributed by atoms with van der Waals surface area (Å²) < 4.78 is 5.27. The molecule has 0 bridgehead atoms. The predicted molar refractivity (Wildman–Crippen MR) is 78.3 cm³/mol. The molecule has 4 nitrogen and oxygen atoms in total. The zero-order valence-electron chi connectivity index (χ0n) is 13.1. The molecule has 2 N–H and O–H groups in total. The first kappa shape index (κ1) is 16.3. The van der Waals surface area contributed by atoms with Crippen molar-refractivity contribution in [1.82, 2.24) is 10.6 Å². The highest BCUT2D eigenvalue weighted by Crippen LogP contribution is 2.32. The standard InChI is InChI=1S/C15H30N2O2/c1-6-12(7-2)17-13(11-8-9-11)10-16-14(18)19-15(3,4)5/h11-13,17H,6-10H2,1-5H3,(H,16,18). The summed E-state index contributed by atoms with van der Waals surface area (Å²) in [5.41, 5.74) is -0.429. The number of carbonyl (C=O) groups is 1. The summed E-state index contributed by atoms with van der Waals surface area (Å²) in [6, 6.07) is 0.934. The van der Waals surface area contributed by atoms with Crippen LogP contribution in [0.5, 0.6) is 0 Å². The van der Waals surface area contributed by atoms with Gasteiger partial charge in [0.25, 0.3) is 0 Å². The van der Waals surface area contributed by atoms with E-state index in [1.54, 1.807) is 0 Å². The van der Waals surface area contributed by atoms with E-state index in [9.17, 15) is 4.79 Å². The molecule has 0 aliphatic heterocycles. The van der Waals surface area contributed by atoms with Crippen LogP contribution < -0.4 is 10.6 Å². The van der Waals surface area contributed by atoms with Crippen molar-refractivity contribution < 1.29 is 9.53 Å². The Labute approximate surface area is 117 Å². The normalized spacial score (nSPS) is 17.4. The number of hydrogen-bond donors (Lipinski definition) is 2. The summed E-state index contributed by atoms with van der Waals surface area (Å²) in [7, 11) is 0. The molecule has 0 radical (unpaired) electrons. The molecule has 1 aliphatic rings. The Morgan fingerprint density at radius 3 is 2.26 bits per heavy atom. The number of amides is 1. The highest BCUT2D eigenvalue weighted by molar-refractivity contribution is 5.67. The van der Waals surface area contributed by atoms with Gasteiger partial charge in [-0.1, -0.05) is 13.8 Å². The van der Waals surface area contributed by atoms with Crippen molar-refractivity contribution in [3.05, 3.63) is 0 Å². The van der Waals surface area contributed by atoms with Crippen LogP contribution in [-0.2, 0) is 4.74 Å². The summed E-state index contributed by atoms with van der Waals surface area (Å²) in [5, 5.41) is 6.55. The molecular formula is C15H30N2O2. The van der Waals surface area contributed by atoms with E-state index in [1.165, 1.54) is 12.8 Å². The number of rotatable bonds is 7. The second-order valence-electron chi connectivity index (χ2n) is 6.51. The molecule has 1 fully saturated rings. The fourth-order valence-corrected chi connectivity index (χ4v) is 2.19. The van der Waals surface area contributed by atoms with Gasteiger partial charge in [-0.15, -0.1) is 0 Å². The quantitative estimate of drug-likeness (QED) is 0.747. The monoisotopic (exact) mass is 270 g/mol. The molecule has 19 heavy (non-hydrogen) atoms. The minimum absolute atomic E-state index is 0.315. The molecule has 1 unspecified atom stereocenters. The van der Waals surface area contributed by atoms with Crippen LogP contribution in [0.25, 0.3) is 0 Å². The van der Waals surface area contributed by atoms with Gasteiger partial charge in [-0.25, -0.2) is 4.79 Å². The van der Waals surface area contributed by atoms with Gasteiger partial charge < -0.3 is 15.4 Å². The Morgan fingerprint density at radius 2 is 1.84 bits per heavy atom. The van der Waals surface area contributed by atoms with E-state index in [1.807, 2.05) is 20.8 Å². The highest BCUT2D eigenvalue weighted by atomic mass is 16.6. The van der Waals surface area contributed by atoms with Crippen LogP contribution >= 0.6 is 0 Å². The van der Waals surface area contributed by atoms with Gasteiger partial charge >= 0.3 is 6.09 Å². The van der Waals surface area contributed by atoms with Gasteiger partial charge in [0.05, 0.1) is 0 Å². The van der Waals surface area contributed by atoms with Crippen molar-refractivity contribution in [2.75, 3.05) is 6.54 Å². The summed E-state index contributed by atoms with van der Waals surface area (Å²) in [4.78, 5) is 11.7. The maximum absolute atomic E-state index is 11.7. The molecule has 1 atom stereocenters. The van der Waals surface area contributed by atoms with Gasteiger partial charge in [0, 0.05) is 18.6 Å². The lowest BCUT2D eigenvalue weighted by Gasteiger charge is -2.26. The van der Waals surface area contributed by atoms with E-state index in [4.69, 9.17) is 4.74 Å². The van der Waals surface area contributed by atoms with Crippen LogP contribution in [0.1, 0.15) is 60.3 Å². The third-order valence-electron chi connectivity index (χ3n) is 3.49. The Bertz CT molecular complexity index is 278. The lowest BCUT2D eigenvalue weighted by Crippen LogP contribution is -2.47. The van der Waals surface area contributed by atoms with E-state index in [0.717, 1.165) is 18.8 Å². The van der Waals surface area contributed by atoms with Crippen LogP contribution in [0.15, 0.2) is 0 Å². The maximum Gasteiger partial charge on any atom is 0.407 e. The molecule has 1 aliphatic carbocycles. The second kappa shape index (κ2) is 7.13. The minimum atomic E-state index is -0.429. The van der Waals surface area contributed by atoms with Gasteiger partial charge in [-0.2, -0.15) is 0 Å². The summed E-state index contributed by atoms with van der Waals surface area (Å²) in [6.07, 6.45) is 4.49. The van der Waals surface area contributed by atoms with E-state index in [-0.39, 0.29) is 6.09 Å². The Balaban J connectivity index is 2.35. The molecule has 0 saturated heterocycles. The minimum Gasteiger partial charge on any atom is -0.444 e. The molecule has 0 heterocycles. The Kier molecular flexibility index (Phi) is 6.11. The van der Waals surface area contributed by atoms with Crippen LogP contribution in [0.2, 0.25) is 0 Å². The number of hydrogen-bond acceptors (Lipinski definition) is 3. The second-order valence-corrected chi connectivity index (χ2v) is 6.51. The van der Waals surface area contributed by atoms with E-state index in [0.29, 0.717) is 18.6 Å². The Hall–Kier alpha value is -0.770. The number of nitrogens with one attached hydrogen (secondary N) is 2. The predicted octanol–water partition coefficient (Wildman–Crippen LogP) is 3.07. The van der Waals surface area contributed by atoms with Gasteiger partial charge in [-0.3, -0.25) is 0 Å². The first-order chi connectivity index (χ1) is 8.85. The van der Waals surface area contributed by atoms with Gasteiger partial charge in [0.2, 0.25) is 0 Å². The lowest BCUT2D eigenvalue weighted by molar-refractivity contribution is 0.0520. The van der Waals surface area contributed by atoms with Crippen LogP contribution in [0.4, 0.5) is 4.79 Å². The third kappa shape index (κ3) is 6.81. The molecule has 0 aromatic carbocycles. The van der Waals surface area contributed by atoms with Crippen molar-refractivity contribution in [3.8, 4) is 0 Å². The molecule has 0 aromatic heterocycles. The first-order valence-electron chi connectivity index (χ1n) is 7.58. The number of alkyl carbamates (subject to hydrolysis) is 1. The lowest BCUT2D eigenvalue weighted by atomic mass is 10.1. The highest BCUT2D eigenvalue weighted by Gasteiger charge is 2.32. The zero-order chi connectivity index (χ0) is 14.5. The van der Waals surface area contributed by atoms with E-state index < -0.39 is 5.60 Å². The smallest absolute Gasteiger partial charge is 0.407 e. The van der Waals surface area contributed by atoms with Crippen molar-refractivity contribution in [2.45, 2.75) is 78.0 Å². The fraction of sp³-hybridized carbons (Fsp3) is 0.933. The van der Waals surface area contributed by atoms with Crippen molar-refractivity contribution in [3.63, 3.8) is 0 Å². The number of carbonyl (C=O) groups excluding carboxylic acids is 1. The third-order valence-corrected chi connectivity index (χ3v) is 3.49. The molecule has 0 spiro atoms. The first-order valence-corrected chi connectivity index (χ1v) is 7.58. The zero-order valence-corrected chi connectivity index (χ0v) is 13.1. The van der Waals surface area contributed by atoms with Gasteiger partial charge in [0.1, 0.15) is 5.60 Å².